The van der Waals surface area contributed by atoms with Gasteiger partial charge in [-0.2, -0.15) is 0 Å². The van der Waals surface area contributed by atoms with E-state index in [9.17, 15) is 4.79 Å². The Morgan fingerprint density at radius 1 is 1.13 bits per heavy atom. The summed E-state index contributed by atoms with van der Waals surface area (Å²) in [5.41, 5.74) is 3.03. The highest BCUT2D eigenvalue weighted by Gasteiger charge is 2.20. The van der Waals surface area contributed by atoms with Crippen LogP contribution in [0.2, 0.25) is 0 Å². The van der Waals surface area contributed by atoms with Gasteiger partial charge in [0, 0.05) is 21.9 Å². The Hall–Kier alpha value is -3.52. The van der Waals surface area contributed by atoms with Crippen LogP contribution in [-0.4, -0.2) is 31.2 Å². The Morgan fingerprint density at radius 2 is 1.97 bits per heavy atom. The summed E-state index contributed by atoms with van der Waals surface area (Å²) in [6, 6.07) is 11.1. The molecule has 2 aromatic carbocycles. The van der Waals surface area contributed by atoms with E-state index in [4.69, 9.17) is 18.6 Å². The lowest BCUT2D eigenvalue weighted by molar-refractivity contribution is 0.0998. The number of aromatic nitrogens is 1. The van der Waals surface area contributed by atoms with E-state index < -0.39 is 0 Å². The molecule has 0 aliphatic carbocycles. The van der Waals surface area contributed by atoms with E-state index in [1.165, 1.54) is 11.3 Å². The number of thiazole rings is 1. The third kappa shape index (κ3) is 3.25. The number of carbonyl (C=O) groups is 1. The summed E-state index contributed by atoms with van der Waals surface area (Å²) in [5, 5.41) is 6.05. The molecule has 0 saturated heterocycles. The second-order valence-electron chi connectivity index (χ2n) is 6.77. The third-order valence-corrected chi connectivity index (χ3v) is 5.67. The molecule has 3 heterocycles. The Labute approximate surface area is 176 Å². The minimum absolute atomic E-state index is 0.259. The molecule has 152 valence electrons. The number of hydrogen-bond donors (Lipinski definition) is 1. The number of ether oxygens (including phenoxy) is 3. The summed E-state index contributed by atoms with van der Waals surface area (Å²) in [7, 11) is 1.60. The number of nitrogens with zero attached hydrogens (tertiary/aromatic N) is 1. The van der Waals surface area contributed by atoms with E-state index in [1.54, 1.807) is 19.2 Å². The normalized spacial score (nSPS) is 12.7. The number of furan rings is 1. The van der Waals surface area contributed by atoms with Crippen LogP contribution >= 0.6 is 11.3 Å². The van der Waals surface area contributed by atoms with Gasteiger partial charge in [-0.15, -0.1) is 11.3 Å². The highest BCUT2D eigenvalue weighted by molar-refractivity contribution is 7.14. The van der Waals surface area contributed by atoms with Gasteiger partial charge in [-0.25, -0.2) is 4.98 Å². The minimum Gasteiger partial charge on any atom is -0.497 e. The average molecular weight is 422 g/mol. The van der Waals surface area contributed by atoms with Gasteiger partial charge in [-0.05, 0) is 43.3 Å². The fourth-order valence-corrected chi connectivity index (χ4v) is 4.08. The van der Waals surface area contributed by atoms with Crippen LogP contribution < -0.4 is 19.5 Å². The number of nitrogens with one attached hydrogen (secondary N) is 1. The molecule has 4 aromatic rings. The molecule has 7 nitrogen and oxygen atoms in total. The van der Waals surface area contributed by atoms with Crippen molar-refractivity contribution in [1.82, 2.24) is 4.98 Å². The van der Waals surface area contributed by atoms with Gasteiger partial charge in [0.05, 0.1) is 12.8 Å². The lowest BCUT2D eigenvalue weighted by atomic mass is 10.1. The van der Waals surface area contributed by atoms with Crippen LogP contribution in [0.25, 0.3) is 22.2 Å². The van der Waals surface area contributed by atoms with Crippen LogP contribution in [0.1, 0.15) is 16.1 Å². The van der Waals surface area contributed by atoms with Gasteiger partial charge in [-0.1, -0.05) is 0 Å². The van der Waals surface area contributed by atoms with Crippen LogP contribution in [0.5, 0.6) is 17.2 Å². The Morgan fingerprint density at radius 3 is 2.80 bits per heavy atom. The Bertz CT molecular complexity index is 1260. The lowest BCUT2D eigenvalue weighted by Gasteiger charge is -2.18. The first-order valence-corrected chi connectivity index (χ1v) is 10.2. The van der Waals surface area contributed by atoms with Crippen molar-refractivity contribution in [3.8, 4) is 28.5 Å². The maximum absolute atomic E-state index is 12.8. The molecule has 0 unspecified atom stereocenters. The first-order chi connectivity index (χ1) is 14.6. The highest BCUT2D eigenvalue weighted by Crippen LogP contribution is 2.35. The standard InChI is InChI=1S/C22H18N2O5S/c1-12-15-10-14(26-2)4-6-17(15)29-20(12)21(25)24-22-23-16(11-30-22)13-3-5-18-19(9-13)28-8-7-27-18/h3-6,9-11H,7-8H2,1-2H3,(H,23,24,25). The molecule has 2 aromatic heterocycles. The van der Waals surface area contributed by atoms with Crippen molar-refractivity contribution < 1.29 is 23.4 Å². The van der Waals surface area contributed by atoms with Gasteiger partial charge in [-0.3, -0.25) is 10.1 Å². The van der Waals surface area contributed by atoms with Gasteiger partial charge >= 0.3 is 0 Å². The van der Waals surface area contributed by atoms with Crippen molar-refractivity contribution in [3.63, 3.8) is 0 Å². The molecule has 0 spiro atoms. The number of rotatable bonds is 4. The van der Waals surface area contributed by atoms with Crippen molar-refractivity contribution in [2.75, 3.05) is 25.6 Å². The molecule has 1 aliphatic heterocycles. The van der Waals surface area contributed by atoms with E-state index in [1.807, 2.05) is 36.6 Å². The largest absolute Gasteiger partial charge is 0.497 e. The number of carbonyl (C=O) groups excluding carboxylic acids is 1. The zero-order valence-electron chi connectivity index (χ0n) is 16.4. The summed E-state index contributed by atoms with van der Waals surface area (Å²) in [5.74, 6) is 2.05. The number of benzene rings is 2. The van der Waals surface area contributed by atoms with Crippen molar-refractivity contribution >= 4 is 33.3 Å². The third-order valence-electron chi connectivity index (χ3n) is 4.91. The summed E-state index contributed by atoms with van der Waals surface area (Å²) < 4.78 is 22.2. The van der Waals surface area contributed by atoms with Gasteiger partial charge in [0.1, 0.15) is 24.5 Å². The molecule has 8 heteroatoms. The molecule has 0 atom stereocenters. The average Bonchev–Trinajstić information content (AvgIpc) is 3.37. The number of aryl methyl sites for hydroxylation is 1. The van der Waals surface area contributed by atoms with Gasteiger partial charge in [0.25, 0.3) is 5.91 Å². The highest BCUT2D eigenvalue weighted by atomic mass is 32.1. The number of fused-ring (bicyclic) bond motifs is 2. The number of anilines is 1. The second-order valence-corrected chi connectivity index (χ2v) is 7.63. The van der Waals surface area contributed by atoms with Crippen LogP contribution in [0.4, 0.5) is 5.13 Å². The monoisotopic (exact) mass is 422 g/mol. The maximum Gasteiger partial charge on any atom is 0.293 e. The van der Waals surface area contributed by atoms with Crippen LogP contribution in [0.15, 0.2) is 46.2 Å². The van der Waals surface area contributed by atoms with Crippen molar-refractivity contribution in [1.29, 1.82) is 0 Å². The van der Waals surface area contributed by atoms with Crippen LogP contribution in [0, 0.1) is 6.92 Å². The minimum atomic E-state index is -0.342. The van der Waals surface area contributed by atoms with E-state index in [0.29, 0.717) is 35.4 Å². The number of amides is 1. The van der Waals surface area contributed by atoms with Gasteiger partial charge < -0.3 is 18.6 Å². The first-order valence-electron chi connectivity index (χ1n) is 9.36. The van der Waals surface area contributed by atoms with E-state index in [0.717, 1.165) is 28.0 Å². The molecule has 30 heavy (non-hydrogen) atoms. The fourth-order valence-electron chi connectivity index (χ4n) is 3.36. The maximum atomic E-state index is 12.8. The summed E-state index contributed by atoms with van der Waals surface area (Å²) >= 11 is 1.35. The van der Waals surface area contributed by atoms with Crippen LogP contribution in [0.3, 0.4) is 0 Å². The first kappa shape index (κ1) is 18.5. The Kier molecular flexibility index (Phi) is 4.55. The summed E-state index contributed by atoms with van der Waals surface area (Å²) in [6.45, 7) is 2.92. The second kappa shape index (κ2) is 7.38. The molecule has 0 fully saturated rings. The molecule has 5 rings (SSSR count). The van der Waals surface area contributed by atoms with E-state index in [2.05, 4.69) is 10.3 Å². The van der Waals surface area contributed by atoms with Gasteiger partial charge in [0.15, 0.2) is 22.4 Å². The fraction of sp³-hybridized carbons (Fsp3) is 0.182. The molecule has 1 aliphatic rings. The summed E-state index contributed by atoms with van der Waals surface area (Å²) in [6.07, 6.45) is 0. The topological polar surface area (TPSA) is 82.8 Å². The SMILES string of the molecule is COc1ccc2oc(C(=O)Nc3nc(-c4ccc5c(c4)OCCO5)cs3)c(C)c2c1. The molecule has 0 radical (unpaired) electrons. The smallest absolute Gasteiger partial charge is 0.293 e. The van der Waals surface area contributed by atoms with E-state index >= 15 is 0 Å². The quantitative estimate of drug-likeness (QED) is 0.504. The predicted octanol–water partition coefficient (Wildman–Crippen LogP) is 4.90. The molecular weight excluding hydrogens is 404 g/mol. The van der Waals surface area contributed by atoms with Crippen LogP contribution in [-0.2, 0) is 0 Å². The van der Waals surface area contributed by atoms with Crippen molar-refractivity contribution in [2.45, 2.75) is 6.92 Å². The van der Waals surface area contributed by atoms with Gasteiger partial charge in [0.2, 0.25) is 0 Å². The summed E-state index contributed by atoms with van der Waals surface area (Å²) in [4.78, 5) is 17.3. The van der Waals surface area contributed by atoms with Crippen molar-refractivity contribution in [3.05, 3.63) is 53.1 Å². The molecule has 0 bridgehead atoms. The number of hydrogen-bond acceptors (Lipinski definition) is 7. The molecule has 1 amide bonds. The molecular formula is C22H18N2O5S. The zero-order chi connectivity index (χ0) is 20.7. The number of methoxy groups -OCH3 is 1. The van der Waals surface area contributed by atoms with Crippen molar-refractivity contribution in [2.24, 2.45) is 0 Å². The lowest BCUT2D eigenvalue weighted by Crippen LogP contribution is -2.15. The molecule has 1 N–H and O–H groups in total. The zero-order valence-corrected chi connectivity index (χ0v) is 17.2. The predicted molar refractivity (Wildman–Crippen MR) is 114 cm³/mol. The van der Waals surface area contributed by atoms with E-state index in [-0.39, 0.29) is 11.7 Å². The Balaban J connectivity index is 1.38. The molecule has 0 saturated carbocycles.